The number of fused-ring (bicyclic) bond motifs is 1. The molecule has 20 heavy (non-hydrogen) atoms. The van der Waals surface area contributed by atoms with E-state index in [1.807, 2.05) is 4.90 Å². The normalized spacial score (nSPS) is 35.1. The zero-order valence-corrected chi connectivity index (χ0v) is 12.7. The second-order valence-electron chi connectivity index (χ2n) is 6.47. The van der Waals surface area contributed by atoms with Gasteiger partial charge in [-0.2, -0.15) is 0 Å². The fourth-order valence-electron chi connectivity index (χ4n) is 4.02. The van der Waals surface area contributed by atoms with Crippen LogP contribution in [-0.2, 0) is 9.59 Å². The van der Waals surface area contributed by atoms with Gasteiger partial charge in [0.05, 0.1) is 5.37 Å². The molecule has 0 aromatic carbocycles. The molecule has 5 heteroatoms. The van der Waals surface area contributed by atoms with Gasteiger partial charge in [-0.15, -0.1) is 11.8 Å². The van der Waals surface area contributed by atoms with Crippen molar-refractivity contribution in [3.8, 4) is 0 Å². The number of thioether (sulfide) groups is 1. The molecule has 0 spiro atoms. The van der Waals surface area contributed by atoms with E-state index in [2.05, 4.69) is 0 Å². The standard InChI is InChI=1S/C15H24N2O2S/c16-14(18)12-9-20-13-7-6-11(15(19)17(12)13)8-10-4-2-1-3-5-10/h10-13H,1-9H2,(H2,16,18)/t11-,12-,13?/m0/s1. The Hall–Kier alpha value is -0.710. The summed E-state index contributed by atoms with van der Waals surface area (Å²) in [6, 6.07) is -0.369. The van der Waals surface area contributed by atoms with Gasteiger partial charge in [-0.1, -0.05) is 32.1 Å². The summed E-state index contributed by atoms with van der Waals surface area (Å²) in [6.45, 7) is 0. The minimum atomic E-state index is -0.369. The smallest absolute Gasteiger partial charge is 0.241 e. The molecule has 3 rings (SSSR count). The third-order valence-electron chi connectivity index (χ3n) is 5.13. The van der Waals surface area contributed by atoms with Crippen molar-refractivity contribution in [2.24, 2.45) is 17.6 Å². The Kier molecular flexibility index (Phi) is 4.24. The number of primary amides is 1. The summed E-state index contributed by atoms with van der Waals surface area (Å²) in [4.78, 5) is 26.0. The lowest BCUT2D eigenvalue weighted by Gasteiger charge is -2.38. The van der Waals surface area contributed by atoms with Crippen molar-refractivity contribution in [3.63, 3.8) is 0 Å². The molecule has 3 aliphatic rings. The Morgan fingerprint density at radius 1 is 1.20 bits per heavy atom. The number of amides is 2. The van der Waals surface area contributed by atoms with Crippen LogP contribution in [0.25, 0.3) is 0 Å². The van der Waals surface area contributed by atoms with Crippen LogP contribution in [0.3, 0.4) is 0 Å². The van der Waals surface area contributed by atoms with Crippen LogP contribution >= 0.6 is 11.8 Å². The number of nitrogens with two attached hydrogens (primary N) is 1. The highest BCUT2D eigenvalue weighted by molar-refractivity contribution is 8.00. The summed E-state index contributed by atoms with van der Waals surface area (Å²) >= 11 is 1.72. The lowest BCUT2D eigenvalue weighted by Crippen LogP contribution is -2.52. The van der Waals surface area contributed by atoms with Crippen LogP contribution in [0.1, 0.15) is 51.4 Å². The van der Waals surface area contributed by atoms with Gasteiger partial charge in [-0.25, -0.2) is 0 Å². The Morgan fingerprint density at radius 2 is 1.95 bits per heavy atom. The number of piperidine rings is 1. The van der Waals surface area contributed by atoms with Crippen molar-refractivity contribution < 1.29 is 9.59 Å². The first-order chi connectivity index (χ1) is 9.66. The molecule has 1 saturated carbocycles. The molecule has 1 aliphatic carbocycles. The number of nitrogens with zero attached hydrogens (tertiary/aromatic N) is 1. The zero-order chi connectivity index (χ0) is 14.1. The summed E-state index contributed by atoms with van der Waals surface area (Å²) in [7, 11) is 0. The minimum Gasteiger partial charge on any atom is -0.368 e. The number of hydrogen-bond donors (Lipinski definition) is 1. The maximum absolute atomic E-state index is 12.7. The molecule has 0 aromatic heterocycles. The highest BCUT2D eigenvalue weighted by atomic mass is 32.2. The quantitative estimate of drug-likeness (QED) is 0.867. The molecule has 0 radical (unpaired) electrons. The van der Waals surface area contributed by atoms with Crippen LogP contribution < -0.4 is 5.73 Å². The average Bonchev–Trinajstić information content (AvgIpc) is 2.88. The first-order valence-electron chi connectivity index (χ1n) is 7.90. The van der Waals surface area contributed by atoms with Crippen LogP contribution in [-0.4, -0.2) is 33.9 Å². The van der Waals surface area contributed by atoms with E-state index in [-0.39, 0.29) is 29.1 Å². The van der Waals surface area contributed by atoms with E-state index in [1.165, 1.54) is 32.1 Å². The predicted molar refractivity (Wildman–Crippen MR) is 80.0 cm³/mol. The molecule has 2 amide bonds. The van der Waals surface area contributed by atoms with Gasteiger partial charge in [0.15, 0.2) is 0 Å². The van der Waals surface area contributed by atoms with Gasteiger partial charge in [0.2, 0.25) is 11.8 Å². The Morgan fingerprint density at radius 3 is 2.65 bits per heavy atom. The average molecular weight is 296 g/mol. The van der Waals surface area contributed by atoms with Crippen LogP contribution in [0, 0.1) is 11.8 Å². The van der Waals surface area contributed by atoms with E-state index in [0.29, 0.717) is 5.75 Å². The summed E-state index contributed by atoms with van der Waals surface area (Å²) in [5.41, 5.74) is 5.45. The molecule has 112 valence electrons. The van der Waals surface area contributed by atoms with Gasteiger partial charge in [0.25, 0.3) is 0 Å². The topological polar surface area (TPSA) is 63.4 Å². The molecule has 2 aliphatic heterocycles. The van der Waals surface area contributed by atoms with Crippen molar-refractivity contribution >= 4 is 23.6 Å². The van der Waals surface area contributed by atoms with Gasteiger partial charge >= 0.3 is 0 Å². The number of rotatable bonds is 3. The van der Waals surface area contributed by atoms with Gasteiger partial charge in [-0.05, 0) is 25.2 Å². The summed E-state index contributed by atoms with van der Waals surface area (Å²) < 4.78 is 0. The maximum Gasteiger partial charge on any atom is 0.241 e. The Bertz CT molecular complexity index is 395. The van der Waals surface area contributed by atoms with Crippen LogP contribution in [0.2, 0.25) is 0 Å². The van der Waals surface area contributed by atoms with Gasteiger partial charge in [0, 0.05) is 11.7 Å². The molecule has 0 bridgehead atoms. The molecule has 2 N–H and O–H groups in total. The highest BCUT2D eigenvalue weighted by Crippen LogP contribution is 2.41. The number of carbonyl (C=O) groups is 2. The summed E-state index contributed by atoms with van der Waals surface area (Å²) in [6.07, 6.45) is 9.59. The van der Waals surface area contributed by atoms with Crippen molar-refractivity contribution in [2.45, 2.75) is 62.8 Å². The molecule has 2 saturated heterocycles. The monoisotopic (exact) mass is 296 g/mol. The lowest BCUT2D eigenvalue weighted by molar-refractivity contribution is -0.145. The fourth-order valence-corrected chi connectivity index (χ4v) is 5.47. The third-order valence-corrected chi connectivity index (χ3v) is 6.49. The summed E-state index contributed by atoms with van der Waals surface area (Å²) in [5, 5.41) is 0.197. The van der Waals surface area contributed by atoms with E-state index >= 15 is 0 Å². The lowest BCUT2D eigenvalue weighted by atomic mass is 9.80. The largest absolute Gasteiger partial charge is 0.368 e. The van der Waals surface area contributed by atoms with E-state index in [1.54, 1.807) is 11.8 Å². The van der Waals surface area contributed by atoms with Crippen molar-refractivity contribution in [3.05, 3.63) is 0 Å². The molecule has 0 aromatic rings. The van der Waals surface area contributed by atoms with Crippen molar-refractivity contribution in [1.29, 1.82) is 0 Å². The van der Waals surface area contributed by atoms with E-state index < -0.39 is 0 Å². The molecule has 2 heterocycles. The maximum atomic E-state index is 12.7. The molecular weight excluding hydrogens is 272 g/mol. The van der Waals surface area contributed by atoms with E-state index in [9.17, 15) is 9.59 Å². The first-order valence-corrected chi connectivity index (χ1v) is 8.95. The molecule has 3 fully saturated rings. The number of carbonyl (C=O) groups excluding carboxylic acids is 2. The zero-order valence-electron chi connectivity index (χ0n) is 11.9. The second-order valence-corrected chi connectivity index (χ2v) is 7.68. The SMILES string of the molecule is NC(=O)[C@@H]1CSC2CC[C@@H](CC3CCCCC3)C(=O)N21. The van der Waals surface area contributed by atoms with Crippen molar-refractivity contribution in [1.82, 2.24) is 4.90 Å². The molecule has 1 unspecified atom stereocenters. The number of hydrogen-bond acceptors (Lipinski definition) is 3. The summed E-state index contributed by atoms with van der Waals surface area (Å²) in [5.74, 6) is 1.39. The Balaban J connectivity index is 1.65. The second kappa shape index (κ2) is 5.96. The molecular formula is C15H24N2O2S. The third kappa shape index (κ3) is 2.69. The fraction of sp³-hybridized carbons (Fsp3) is 0.867. The highest BCUT2D eigenvalue weighted by Gasteiger charge is 2.46. The molecule has 4 nitrogen and oxygen atoms in total. The molecule has 3 atom stereocenters. The first kappa shape index (κ1) is 14.2. The van der Waals surface area contributed by atoms with Gasteiger partial charge < -0.3 is 10.6 Å². The predicted octanol–water partition coefficient (Wildman–Crippen LogP) is 2.12. The van der Waals surface area contributed by atoms with E-state index in [4.69, 9.17) is 5.73 Å². The Labute approximate surface area is 124 Å². The van der Waals surface area contributed by atoms with Crippen LogP contribution in [0.4, 0.5) is 0 Å². The van der Waals surface area contributed by atoms with Gasteiger partial charge in [-0.3, -0.25) is 9.59 Å². The minimum absolute atomic E-state index is 0.134. The van der Waals surface area contributed by atoms with Crippen LogP contribution in [0.15, 0.2) is 0 Å². The van der Waals surface area contributed by atoms with E-state index in [0.717, 1.165) is 25.2 Å². The van der Waals surface area contributed by atoms with Crippen molar-refractivity contribution in [2.75, 3.05) is 5.75 Å². The van der Waals surface area contributed by atoms with Gasteiger partial charge in [0.1, 0.15) is 6.04 Å². The van der Waals surface area contributed by atoms with Crippen LogP contribution in [0.5, 0.6) is 0 Å².